The average Bonchev–Trinajstić information content (AvgIpc) is 2.77. The summed E-state index contributed by atoms with van der Waals surface area (Å²) in [6.45, 7) is 4.49. The lowest BCUT2D eigenvalue weighted by molar-refractivity contribution is 0.0235. The van der Waals surface area contributed by atoms with Gasteiger partial charge in [0, 0.05) is 26.2 Å². The minimum absolute atomic E-state index is 0.0167. The molecular formula is C13H19BrN2O3. The molecule has 0 amide bonds. The van der Waals surface area contributed by atoms with Gasteiger partial charge < -0.3 is 9.47 Å². The molecule has 1 aliphatic rings. The van der Waals surface area contributed by atoms with E-state index in [1.807, 2.05) is 0 Å². The van der Waals surface area contributed by atoms with Crippen molar-refractivity contribution in [1.29, 1.82) is 0 Å². The summed E-state index contributed by atoms with van der Waals surface area (Å²) in [6, 6.07) is 0. The van der Waals surface area contributed by atoms with E-state index >= 15 is 0 Å². The molecule has 1 aromatic heterocycles. The zero-order valence-corrected chi connectivity index (χ0v) is 12.9. The van der Waals surface area contributed by atoms with E-state index in [9.17, 15) is 4.79 Å². The van der Waals surface area contributed by atoms with Crippen molar-refractivity contribution in [3.63, 3.8) is 0 Å². The highest BCUT2D eigenvalue weighted by Gasteiger charge is 2.32. The smallest absolute Gasteiger partial charge is 0.185 e. The summed E-state index contributed by atoms with van der Waals surface area (Å²) in [4.78, 5) is 12.7. The van der Waals surface area contributed by atoms with Crippen molar-refractivity contribution in [3.05, 3.63) is 16.4 Å². The molecular weight excluding hydrogens is 312 g/mol. The second kappa shape index (κ2) is 6.63. The number of aromatic nitrogens is 2. The lowest BCUT2D eigenvalue weighted by atomic mass is 9.85. The van der Waals surface area contributed by atoms with Crippen LogP contribution in [0.15, 0.2) is 10.7 Å². The van der Waals surface area contributed by atoms with Gasteiger partial charge in [0.05, 0.1) is 23.8 Å². The van der Waals surface area contributed by atoms with Crippen LogP contribution < -0.4 is 0 Å². The number of Topliss-reactive ketones (excluding diaryl/α,β-unsaturated/α-hetero) is 1. The Kier molecular flexibility index (Phi) is 5.13. The molecule has 2 rings (SSSR count). The van der Waals surface area contributed by atoms with E-state index in [1.54, 1.807) is 18.0 Å². The molecule has 1 fully saturated rings. The van der Waals surface area contributed by atoms with Crippen molar-refractivity contribution in [1.82, 2.24) is 9.78 Å². The number of methoxy groups -OCH3 is 1. The van der Waals surface area contributed by atoms with Gasteiger partial charge in [-0.1, -0.05) is 6.92 Å². The molecule has 5 nitrogen and oxygen atoms in total. The number of nitrogens with zero attached hydrogens (tertiary/aromatic N) is 2. The maximum atomic E-state index is 12.7. The average molecular weight is 331 g/mol. The minimum Gasteiger partial charge on any atom is -0.383 e. The van der Waals surface area contributed by atoms with Crippen molar-refractivity contribution >= 4 is 21.7 Å². The summed E-state index contributed by atoms with van der Waals surface area (Å²) < 4.78 is 12.9. The van der Waals surface area contributed by atoms with Crippen molar-refractivity contribution in [2.75, 3.05) is 26.9 Å². The first-order valence-electron chi connectivity index (χ1n) is 6.47. The van der Waals surface area contributed by atoms with Crippen LogP contribution in [0.25, 0.3) is 0 Å². The molecule has 0 bridgehead atoms. The maximum Gasteiger partial charge on any atom is 0.185 e. The number of ketones is 1. The van der Waals surface area contributed by atoms with Crippen molar-refractivity contribution < 1.29 is 14.3 Å². The van der Waals surface area contributed by atoms with Crippen molar-refractivity contribution in [2.45, 2.75) is 19.9 Å². The molecule has 0 spiro atoms. The summed E-state index contributed by atoms with van der Waals surface area (Å²) >= 11 is 3.42. The van der Waals surface area contributed by atoms with E-state index in [0.29, 0.717) is 32.1 Å². The van der Waals surface area contributed by atoms with Gasteiger partial charge >= 0.3 is 0 Å². The molecule has 19 heavy (non-hydrogen) atoms. The first-order valence-corrected chi connectivity index (χ1v) is 7.26. The molecule has 1 aromatic rings. The van der Waals surface area contributed by atoms with E-state index in [2.05, 4.69) is 28.0 Å². The fraction of sp³-hybridized carbons (Fsp3) is 0.692. The molecule has 106 valence electrons. The van der Waals surface area contributed by atoms with Gasteiger partial charge in [0.15, 0.2) is 5.78 Å². The highest BCUT2D eigenvalue weighted by molar-refractivity contribution is 9.10. The molecule has 2 unspecified atom stereocenters. The van der Waals surface area contributed by atoms with Gasteiger partial charge in [0.25, 0.3) is 0 Å². The normalized spacial score (nSPS) is 23.5. The van der Waals surface area contributed by atoms with Gasteiger partial charge in [0.2, 0.25) is 0 Å². The Labute approximate surface area is 121 Å². The molecule has 0 aliphatic carbocycles. The Bertz CT molecular complexity index is 447. The number of rotatable bonds is 5. The van der Waals surface area contributed by atoms with Crippen molar-refractivity contribution in [3.8, 4) is 0 Å². The SMILES string of the molecule is COCCn1ncc(Br)c1C(=O)C1CCOCC1C. The Hall–Kier alpha value is -0.720. The van der Waals surface area contributed by atoms with Gasteiger partial charge in [-0.2, -0.15) is 5.10 Å². The van der Waals surface area contributed by atoms with Crippen LogP contribution in [0, 0.1) is 11.8 Å². The predicted molar refractivity (Wildman–Crippen MR) is 74.2 cm³/mol. The molecule has 2 atom stereocenters. The Balaban J connectivity index is 2.19. The van der Waals surface area contributed by atoms with Crippen LogP contribution in [-0.4, -0.2) is 42.5 Å². The van der Waals surface area contributed by atoms with Crippen LogP contribution >= 0.6 is 15.9 Å². The number of hydrogen-bond donors (Lipinski definition) is 0. The van der Waals surface area contributed by atoms with Gasteiger partial charge in [-0.3, -0.25) is 9.48 Å². The second-order valence-electron chi connectivity index (χ2n) is 4.87. The first-order chi connectivity index (χ1) is 9.15. The fourth-order valence-electron chi connectivity index (χ4n) is 2.40. The molecule has 0 radical (unpaired) electrons. The fourth-order valence-corrected chi connectivity index (χ4v) is 2.89. The minimum atomic E-state index is 0.0167. The van der Waals surface area contributed by atoms with Crippen LogP contribution in [0.1, 0.15) is 23.8 Å². The molecule has 1 saturated heterocycles. The molecule has 1 aliphatic heterocycles. The van der Waals surface area contributed by atoms with E-state index in [-0.39, 0.29) is 17.6 Å². The monoisotopic (exact) mass is 330 g/mol. The topological polar surface area (TPSA) is 53.4 Å². The van der Waals surface area contributed by atoms with Crippen LogP contribution in [0.4, 0.5) is 0 Å². The Morgan fingerprint density at radius 1 is 1.68 bits per heavy atom. The largest absolute Gasteiger partial charge is 0.383 e. The van der Waals surface area contributed by atoms with Crippen LogP contribution in [0.2, 0.25) is 0 Å². The maximum absolute atomic E-state index is 12.7. The summed E-state index contributed by atoms with van der Waals surface area (Å²) in [5.41, 5.74) is 0.649. The number of halogens is 1. The van der Waals surface area contributed by atoms with Crippen LogP contribution in [-0.2, 0) is 16.0 Å². The van der Waals surface area contributed by atoms with Crippen LogP contribution in [0.5, 0.6) is 0 Å². The molecule has 0 saturated carbocycles. The standard InChI is InChI=1S/C13H19BrN2O3/c1-9-8-19-5-3-10(9)13(17)12-11(14)7-15-16(12)4-6-18-2/h7,9-10H,3-6,8H2,1-2H3. The Morgan fingerprint density at radius 3 is 3.16 bits per heavy atom. The third kappa shape index (κ3) is 3.24. The number of carbonyl (C=O) groups is 1. The lowest BCUT2D eigenvalue weighted by Crippen LogP contribution is -2.33. The highest BCUT2D eigenvalue weighted by atomic mass is 79.9. The zero-order valence-electron chi connectivity index (χ0n) is 11.3. The zero-order chi connectivity index (χ0) is 13.8. The number of carbonyl (C=O) groups excluding carboxylic acids is 1. The van der Waals surface area contributed by atoms with Crippen LogP contribution in [0.3, 0.4) is 0 Å². The lowest BCUT2D eigenvalue weighted by Gasteiger charge is -2.27. The van der Waals surface area contributed by atoms with E-state index in [1.165, 1.54) is 0 Å². The van der Waals surface area contributed by atoms with Gasteiger partial charge in [-0.05, 0) is 28.3 Å². The summed E-state index contributed by atoms with van der Waals surface area (Å²) in [6.07, 6.45) is 2.45. The first kappa shape index (κ1) is 14.7. The van der Waals surface area contributed by atoms with E-state index in [4.69, 9.17) is 9.47 Å². The third-order valence-electron chi connectivity index (χ3n) is 3.51. The number of ether oxygens (including phenoxy) is 2. The molecule has 6 heteroatoms. The molecule has 2 heterocycles. The number of hydrogen-bond acceptors (Lipinski definition) is 4. The Morgan fingerprint density at radius 2 is 2.47 bits per heavy atom. The molecule has 0 N–H and O–H groups in total. The van der Waals surface area contributed by atoms with Gasteiger partial charge in [-0.25, -0.2) is 0 Å². The quantitative estimate of drug-likeness (QED) is 0.776. The summed E-state index contributed by atoms with van der Waals surface area (Å²) in [5, 5.41) is 4.23. The molecule has 0 aromatic carbocycles. The van der Waals surface area contributed by atoms with Crippen molar-refractivity contribution in [2.24, 2.45) is 11.8 Å². The van der Waals surface area contributed by atoms with E-state index < -0.39 is 0 Å². The van der Waals surface area contributed by atoms with Gasteiger partial charge in [-0.15, -0.1) is 0 Å². The second-order valence-corrected chi connectivity index (χ2v) is 5.72. The highest BCUT2D eigenvalue weighted by Crippen LogP contribution is 2.28. The van der Waals surface area contributed by atoms with Gasteiger partial charge in [0.1, 0.15) is 5.69 Å². The predicted octanol–water partition coefficient (Wildman–Crippen LogP) is 2.15. The summed E-state index contributed by atoms with van der Waals surface area (Å²) in [5.74, 6) is 0.415. The third-order valence-corrected chi connectivity index (χ3v) is 4.09. The van der Waals surface area contributed by atoms with E-state index in [0.717, 1.165) is 10.9 Å². The summed E-state index contributed by atoms with van der Waals surface area (Å²) in [7, 11) is 1.64.